The number of amides is 1. The molecule has 2 aliphatic heterocycles. The van der Waals surface area contributed by atoms with E-state index in [0.717, 1.165) is 11.8 Å². The number of fused-ring (bicyclic) bond motifs is 1. The van der Waals surface area contributed by atoms with Crippen LogP contribution >= 0.6 is 23.5 Å². The summed E-state index contributed by atoms with van der Waals surface area (Å²) >= 11 is 2.44. The SMILES string of the molecule is O=C1N[C@H]2[C@@H](S1)S[C@H](CO)[C@@H](O)[C@@H]2O. The van der Waals surface area contributed by atoms with E-state index in [4.69, 9.17) is 5.11 Å². The summed E-state index contributed by atoms with van der Waals surface area (Å²) in [6.07, 6.45) is -1.97. The molecule has 5 nitrogen and oxygen atoms in total. The molecule has 2 rings (SSSR count). The van der Waals surface area contributed by atoms with Crippen LogP contribution in [0.3, 0.4) is 0 Å². The second-order valence-electron chi connectivity index (χ2n) is 3.28. The Bertz CT molecular complexity index is 252. The summed E-state index contributed by atoms with van der Waals surface area (Å²) in [5.74, 6) is 0. The smallest absolute Gasteiger partial charge is 0.280 e. The number of carbonyl (C=O) groups is 1. The first-order valence-electron chi connectivity index (χ1n) is 4.23. The molecule has 1 amide bonds. The van der Waals surface area contributed by atoms with Crippen LogP contribution in [0.4, 0.5) is 4.79 Å². The largest absolute Gasteiger partial charge is 0.395 e. The van der Waals surface area contributed by atoms with E-state index in [9.17, 15) is 15.0 Å². The van der Waals surface area contributed by atoms with Crippen molar-refractivity contribution < 1.29 is 20.1 Å². The number of thioether (sulfide) groups is 2. The summed E-state index contributed by atoms with van der Waals surface area (Å²) in [5.41, 5.74) is 0. The molecule has 0 bridgehead atoms. The van der Waals surface area contributed by atoms with E-state index in [1.54, 1.807) is 0 Å². The summed E-state index contributed by atoms with van der Waals surface area (Å²) in [6, 6.07) is -0.407. The summed E-state index contributed by atoms with van der Waals surface area (Å²) in [5, 5.41) is 30.2. The van der Waals surface area contributed by atoms with Crippen LogP contribution in [-0.2, 0) is 0 Å². The van der Waals surface area contributed by atoms with Crippen molar-refractivity contribution in [2.45, 2.75) is 28.1 Å². The van der Waals surface area contributed by atoms with Gasteiger partial charge in [-0.3, -0.25) is 4.79 Å². The standard InChI is InChI=1S/C7H11NO4S2/c9-1-2-4(10)5(11)3-6(13-2)14-7(12)8-3/h2-6,9-11H,1H2,(H,8,12)/t2-,3-,4-,5-,6-/m1/s1. The van der Waals surface area contributed by atoms with Crippen LogP contribution in [0.5, 0.6) is 0 Å². The lowest BCUT2D eigenvalue weighted by molar-refractivity contribution is -0.00980. The number of hydrogen-bond acceptors (Lipinski definition) is 6. The highest BCUT2D eigenvalue weighted by molar-refractivity contribution is 8.25. The Labute approximate surface area is 89.3 Å². The van der Waals surface area contributed by atoms with Crippen molar-refractivity contribution in [2.24, 2.45) is 0 Å². The van der Waals surface area contributed by atoms with Crippen molar-refractivity contribution in [1.82, 2.24) is 5.32 Å². The highest BCUT2D eigenvalue weighted by atomic mass is 32.2. The molecule has 4 N–H and O–H groups in total. The maximum atomic E-state index is 11.0. The number of aliphatic hydroxyl groups is 3. The first-order valence-corrected chi connectivity index (χ1v) is 6.05. The molecular formula is C7H11NO4S2. The number of carbonyl (C=O) groups excluding carboxylic acids is 1. The summed E-state index contributed by atoms with van der Waals surface area (Å²) in [4.78, 5) is 11.0. The van der Waals surface area contributed by atoms with Crippen LogP contribution in [-0.4, -0.2) is 55.2 Å². The first kappa shape index (κ1) is 10.6. The Morgan fingerprint density at radius 3 is 2.71 bits per heavy atom. The minimum absolute atomic E-state index is 0.113. The van der Waals surface area contributed by atoms with E-state index in [2.05, 4.69) is 5.32 Å². The van der Waals surface area contributed by atoms with Gasteiger partial charge in [0.15, 0.2) is 0 Å². The molecule has 0 aliphatic carbocycles. The molecule has 2 saturated heterocycles. The molecule has 5 atom stereocenters. The van der Waals surface area contributed by atoms with Gasteiger partial charge in [0, 0.05) is 0 Å². The summed E-state index contributed by atoms with van der Waals surface area (Å²) in [7, 11) is 0. The van der Waals surface area contributed by atoms with E-state index in [-0.39, 0.29) is 16.4 Å². The number of nitrogens with one attached hydrogen (secondary N) is 1. The van der Waals surface area contributed by atoms with E-state index < -0.39 is 23.5 Å². The van der Waals surface area contributed by atoms with Gasteiger partial charge in [-0.2, -0.15) is 0 Å². The predicted octanol–water partition coefficient (Wildman–Crippen LogP) is -1.03. The van der Waals surface area contributed by atoms with Gasteiger partial charge in [0.1, 0.15) is 6.10 Å². The lowest BCUT2D eigenvalue weighted by Gasteiger charge is -2.37. The fourth-order valence-electron chi connectivity index (χ4n) is 1.61. The first-order chi connectivity index (χ1) is 6.63. The van der Waals surface area contributed by atoms with Crippen LogP contribution in [0.25, 0.3) is 0 Å². The van der Waals surface area contributed by atoms with Crippen LogP contribution < -0.4 is 5.32 Å². The topological polar surface area (TPSA) is 89.8 Å². The van der Waals surface area contributed by atoms with E-state index in [0.29, 0.717) is 0 Å². The normalized spacial score (nSPS) is 47.4. The maximum absolute atomic E-state index is 11.0. The third-order valence-corrected chi connectivity index (χ3v) is 5.21. The van der Waals surface area contributed by atoms with Crippen molar-refractivity contribution in [3.8, 4) is 0 Å². The predicted molar refractivity (Wildman–Crippen MR) is 54.2 cm³/mol. The molecular weight excluding hydrogens is 226 g/mol. The third-order valence-electron chi connectivity index (χ3n) is 2.39. The Kier molecular flexibility index (Phi) is 2.94. The molecule has 0 aromatic rings. The number of hydrogen-bond donors (Lipinski definition) is 4. The minimum Gasteiger partial charge on any atom is -0.395 e. The molecule has 2 aliphatic rings. The number of aliphatic hydroxyl groups excluding tert-OH is 3. The molecule has 0 aromatic carbocycles. The fourth-order valence-corrected chi connectivity index (χ4v) is 4.47. The summed E-state index contributed by atoms with van der Waals surface area (Å²) < 4.78 is -0.113. The molecule has 0 radical (unpaired) electrons. The second kappa shape index (κ2) is 3.90. The lowest BCUT2D eigenvalue weighted by Crippen LogP contribution is -2.55. The zero-order valence-electron chi connectivity index (χ0n) is 7.16. The van der Waals surface area contributed by atoms with Crippen molar-refractivity contribution in [3.05, 3.63) is 0 Å². The van der Waals surface area contributed by atoms with Gasteiger partial charge in [0.2, 0.25) is 0 Å². The van der Waals surface area contributed by atoms with Gasteiger partial charge in [-0.15, -0.1) is 11.8 Å². The van der Waals surface area contributed by atoms with Crippen molar-refractivity contribution in [2.75, 3.05) is 6.61 Å². The molecule has 0 aromatic heterocycles. The zero-order valence-corrected chi connectivity index (χ0v) is 8.79. The highest BCUT2D eigenvalue weighted by Gasteiger charge is 2.48. The molecule has 2 fully saturated rings. The van der Waals surface area contributed by atoms with E-state index in [1.165, 1.54) is 11.8 Å². The maximum Gasteiger partial charge on any atom is 0.280 e. The third kappa shape index (κ3) is 1.63. The van der Waals surface area contributed by atoms with Crippen LogP contribution in [0.2, 0.25) is 0 Å². The molecule has 0 saturated carbocycles. The Morgan fingerprint density at radius 1 is 1.36 bits per heavy atom. The number of rotatable bonds is 1. The quantitative estimate of drug-likeness (QED) is 0.466. The monoisotopic (exact) mass is 237 g/mol. The van der Waals surface area contributed by atoms with Gasteiger partial charge in [0.05, 0.1) is 28.6 Å². The Hall–Kier alpha value is 0.0500. The molecule has 14 heavy (non-hydrogen) atoms. The zero-order chi connectivity index (χ0) is 10.3. The molecule has 7 heteroatoms. The van der Waals surface area contributed by atoms with Gasteiger partial charge in [-0.25, -0.2) is 0 Å². The van der Waals surface area contributed by atoms with Crippen LogP contribution in [0.15, 0.2) is 0 Å². The van der Waals surface area contributed by atoms with Gasteiger partial charge in [-0.05, 0) is 11.8 Å². The highest BCUT2D eigenvalue weighted by Crippen LogP contribution is 2.42. The molecule has 2 heterocycles. The van der Waals surface area contributed by atoms with E-state index >= 15 is 0 Å². The van der Waals surface area contributed by atoms with Gasteiger partial charge in [-0.1, -0.05) is 0 Å². The van der Waals surface area contributed by atoms with Gasteiger partial charge >= 0.3 is 0 Å². The van der Waals surface area contributed by atoms with Crippen molar-refractivity contribution in [3.63, 3.8) is 0 Å². The molecule has 80 valence electrons. The summed E-state index contributed by atoms with van der Waals surface area (Å²) in [6.45, 7) is -0.194. The average Bonchev–Trinajstić information content (AvgIpc) is 2.52. The van der Waals surface area contributed by atoms with Crippen LogP contribution in [0.1, 0.15) is 0 Å². The van der Waals surface area contributed by atoms with Crippen LogP contribution in [0, 0.1) is 0 Å². The fraction of sp³-hybridized carbons (Fsp3) is 0.857. The van der Waals surface area contributed by atoms with Crippen molar-refractivity contribution >= 4 is 28.8 Å². The lowest BCUT2D eigenvalue weighted by atomic mass is 10.0. The Morgan fingerprint density at radius 2 is 2.07 bits per heavy atom. The average molecular weight is 237 g/mol. The minimum atomic E-state index is -0.989. The van der Waals surface area contributed by atoms with Gasteiger partial charge in [0.25, 0.3) is 5.24 Å². The van der Waals surface area contributed by atoms with Crippen molar-refractivity contribution in [1.29, 1.82) is 0 Å². The molecule has 0 spiro atoms. The Balaban J connectivity index is 2.13. The van der Waals surface area contributed by atoms with Gasteiger partial charge < -0.3 is 20.6 Å². The van der Waals surface area contributed by atoms with E-state index in [1.807, 2.05) is 0 Å². The second-order valence-corrected chi connectivity index (χ2v) is 6.08. The molecule has 0 unspecified atom stereocenters.